The van der Waals surface area contributed by atoms with Gasteiger partial charge in [0, 0.05) is 18.3 Å². The largest absolute Gasteiger partial charge is 0.497 e. The molecule has 0 radical (unpaired) electrons. The summed E-state index contributed by atoms with van der Waals surface area (Å²) in [6, 6.07) is 0. The molecule has 82 valence electrons. The average Bonchev–Trinajstić information content (AvgIpc) is 2.55. The molecule has 3 heteroatoms. The zero-order valence-electron chi connectivity index (χ0n) is 9.31. The summed E-state index contributed by atoms with van der Waals surface area (Å²) in [5, 5.41) is 0. The molecule has 15 heavy (non-hydrogen) atoms. The predicted molar refractivity (Wildman–Crippen MR) is 60.8 cm³/mol. The maximum absolute atomic E-state index is 5.63. The molecule has 0 aromatic rings. The van der Waals surface area contributed by atoms with Crippen molar-refractivity contribution in [3.05, 3.63) is 36.4 Å². The molecule has 3 nitrogen and oxygen atoms in total. The van der Waals surface area contributed by atoms with Gasteiger partial charge in [-0.25, -0.2) is 0 Å². The van der Waals surface area contributed by atoms with Crippen LogP contribution in [0.4, 0.5) is 0 Å². The fraction of sp³-hybridized carbons (Fsp3) is 0.500. The highest BCUT2D eigenvalue weighted by molar-refractivity contribution is 5.32. The molecule has 0 aromatic heterocycles. The van der Waals surface area contributed by atoms with Crippen LogP contribution in [0.3, 0.4) is 0 Å². The fourth-order valence-electron chi connectivity index (χ4n) is 2.32. The van der Waals surface area contributed by atoms with E-state index in [-0.39, 0.29) is 5.54 Å². The number of methoxy groups -OCH3 is 1. The van der Waals surface area contributed by atoms with Gasteiger partial charge < -0.3 is 15.4 Å². The number of hydrogen-bond donors (Lipinski definition) is 1. The molecule has 2 heterocycles. The van der Waals surface area contributed by atoms with Crippen molar-refractivity contribution in [2.75, 3.05) is 13.7 Å². The predicted octanol–water partition coefficient (Wildman–Crippen LogP) is 1.60. The van der Waals surface area contributed by atoms with Crippen molar-refractivity contribution in [1.82, 2.24) is 4.90 Å². The minimum atomic E-state index is -0.000532. The molecule has 2 unspecified atom stereocenters. The summed E-state index contributed by atoms with van der Waals surface area (Å²) >= 11 is 0. The highest BCUT2D eigenvalue weighted by atomic mass is 16.5. The second kappa shape index (κ2) is 3.74. The first-order chi connectivity index (χ1) is 7.20. The third-order valence-corrected chi connectivity index (χ3v) is 3.33. The summed E-state index contributed by atoms with van der Waals surface area (Å²) in [6.07, 6.45) is 11.6. The normalized spacial score (nSPS) is 32.9. The minimum Gasteiger partial charge on any atom is -0.497 e. The van der Waals surface area contributed by atoms with E-state index in [1.807, 2.05) is 6.08 Å². The van der Waals surface area contributed by atoms with Crippen LogP contribution in [0.5, 0.6) is 0 Å². The lowest BCUT2D eigenvalue weighted by Gasteiger charge is -2.38. The van der Waals surface area contributed by atoms with Crippen LogP contribution in [0.2, 0.25) is 0 Å². The lowest BCUT2D eigenvalue weighted by atomic mass is 9.83. The molecule has 2 rings (SSSR count). The van der Waals surface area contributed by atoms with E-state index in [1.165, 1.54) is 0 Å². The first kappa shape index (κ1) is 10.3. The lowest BCUT2D eigenvalue weighted by Crippen LogP contribution is -2.42. The molecule has 0 bridgehead atoms. The number of rotatable bonds is 3. The monoisotopic (exact) mass is 206 g/mol. The third-order valence-electron chi connectivity index (χ3n) is 3.33. The van der Waals surface area contributed by atoms with E-state index in [9.17, 15) is 0 Å². The van der Waals surface area contributed by atoms with Gasteiger partial charge in [0.1, 0.15) is 5.76 Å². The van der Waals surface area contributed by atoms with Crippen LogP contribution in [-0.2, 0) is 4.74 Å². The Morgan fingerprint density at radius 2 is 2.33 bits per heavy atom. The summed E-state index contributed by atoms with van der Waals surface area (Å²) in [5.74, 6) is 1.40. The maximum Gasteiger partial charge on any atom is 0.118 e. The number of fused-ring (bicyclic) bond motifs is 1. The van der Waals surface area contributed by atoms with Crippen molar-refractivity contribution in [2.24, 2.45) is 11.7 Å². The molecular weight excluding hydrogens is 188 g/mol. The molecule has 0 saturated carbocycles. The molecule has 2 atom stereocenters. The van der Waals surface area contributed by atoms with Crippen LogP contribution in [0.25, 0.3) is 0 Å². The molecule has 0 amide bonds. The first-order valence-corrected chi connectivity index (χ1v) is 5.32. The highest BCUT2D eigenvalue weighted by Crippen LogP contribution is 2.39. The van der Waals surface area contributed by atoms with Crippen LogP contribution >= 0.6 is 0 Å². The second-order valence-corrected chi connectivity index (χ2v) is 4.23. The van der Waals surface area contributed by atoms with E-state index in [1.54, 1.807) is 7.11 Å². The van der Waals surface area contributed by atoms with Gasteiger partial charge in [-0.15, -0.1) is 0 Å². The van der Waals surface area contributed by atoms with Gasteiger partial charge >= 0.3 is 0 Å². The Morgan fingerprint density at radius 3 is 3.00 bits per heavy atom. The number of allylic oxidation sites excluding steroid dienone is 1. The van der Waals surface area contributed by atoms with E-state index in [2.05, 4.69) is 36.4 Å². The van der Waals surface area contributed by atoms with Gasteiger partial charge in [0.2, 0.25) is 0 Å². The van der Waals surface area contributed by atoms with E-state index in [4.69, 9.17) is 10.5 Å². The Balaban J connectivity index is 2.26. The molecule has 2 aliphatic rings. The fourth-order valence-corrected chi connectivity index (χ4v) is 2.32. The molecule has 2 N–H and O–H groups in total. The van der Waals surface area contributed by atoms with E-state index < -0.39 is 0 Å². The van der Waals surface area contributed by atoms with Crippen molar-refractivity contribution < 1.29 is 4.74 Å². The zero-order valence-corrected chi connectivity index (χ0v) is 9.31. The van der Waals surface area contributed by atoms with Gasteiger partial charge in [-0.3, -0.25) is 0 Å². The SMILES string of the molecule is COC1=CC2(C)C(CCN)C=CN2C=C1. The van der Waals surface area contributed by atoms with Gasteiger partial charge in [0.25, 0.3) is 0 Å². The smallest absolute Gasteiger partial charge is 0.118 e. The lowest BCUT2D eigenvalue weighted by molar-refractivity contribution is 0.218. The Morgan fingerprint density at radius 1 is 1.53 bits per heavy atom. The zero-order chi connectivity index (χ0) is 10.9. The van der Waals surface area contributed by atoms with Crippen LogP contribution in [0, 0.1) is 5.92 Å². The number of hydrogen-bond acceptors (Lipinski definition) is 3. The minimum absolute atomic E-state index is 0.000532. The number of nitrogens with zero attached hydrogens (tertiary/aromatic N) is 1. The summed E-state index contributed by atoms with van der Waals surface area (Å²) in [6.45, 7) is 2.94. The summed E-state index contributed by atoms with van der Waals surface area (Å²) in [7, 11) is 1.70. The third kappa shape index (κ3) is 1.57. The van der Waals surface area contributed by atoms with Crippen LogP contribution in [0.15, 0.2) is 36.4 Å². The van der Waals surface area contributed by atoms with Crippen molar-refractivity contribution in [3.63, 3.8) is 0 Å². The first-order valence-electron chi connectivity index (χ1n) is 5.32. The van der Waals surface area contributed by atoms with E-state index in [0.29, 0.717) is 5.92 Å². The van der Waals surface area contributed by atoms with E-state index >= 15 is 0 Å². The molecule has 0 aliphatic carbocycles. The topological polar surface area (TPSA) is 38.5 Å². The summed E-state index contributed by atoms with van der Waals surface area (Å²) in [5.41, 5.74) is 5.63. The Kier molecular flexibility index (Phi) is 2.57. The number of ether oxygens (including phenoxy) is 1. The molecule has 0 spiro atoms. The average molecular weight is 206 g/mol. The summed E-state index contributed by atoms with van der Waals surface area (Å²) < 4.78 is 5.28. The second-order valence-electron chi connectivity index (χ2n) is 4.23. The van der Waals surface area contributed by atoms with Crippen molar-refractivity contribution in [3.8, 4) is 0 Å². The van der Waals surface area contributed by atoms with E-state index in [0.717, 1.165) is 18.7 Å². The number of nitrogens with two attached hydrogens (primary N) is 1. The standard InChI is InChI=1S/C12H18N2O/c1-12-9-11(15-2)5-8-14(12)7-4-10(12)3-6-13/h4-5,7-10H,3,6,13H2,1-2H3. The molecule has 2 aliphatic heterocycles. The maximum atomic E-state index is 5.63. The molecule has 0 saturated heterocycles. The van der Waals surface area contributed by atoms with Gasteiger partial charge in [0.05, 0.1) is 12.6 Å². The van der Waals surface area contributed by atoms with Crippen molar-refractivity contribution >= 4 is 0 Å². The van der Waals surface area contributed by atoms with Gasteiger partial charge in [-0.2, -0.15) is 0 Å². The van der Waals surface area contributed by atoms with Crippen molar-refractivity contribution in [2.45, 2.75) is 18.9 Å². The molecular formula is C12H18N2O. The van der Waals surface area contributed by atoms with Crippen molar-refractivity contribution in [1.29, 1.82) is 0 Å². The molecule has 0 fully saturated rings. The van der Waals surface area contributed by atoms with Gasteiger partial charge in [-0.1, -0.05) is 6.08 Å². The van der Waals surface area contributed by atoms with Crippen LogP contribution in [-0.4, -0.2) is 24.1 Å². The highest BCUT2D eigenvalue weighted by Gasteiger charge is 2.40. The Bertz CT molecular complexity index is 333. The van der Waals surface area contributed by atoms with Crippen LogP contribution in [0.1, 0.15) is 13.3 Å². The Hall–Kier alpha value is -1.22. The van der Waals surface area contributed by atoms with Gasteiger partial charge in [-0.05, 0) is 32.0 Å². The molecule has 0 aromatic carbocycles. The van der Waals surface area contributed by atoms with Crippen LogP contribution < -0.4 is 5.73 Å². The van der Waals surface area contributed by atoms with Gasteiger partial charge in [0.15, 0.2) is 0 Å². The Labute approximate surface area is 90.9 Å². The summed E-state index contributed by atoms with van der Waals surface area (Å²) in [4.78, 5) is 2.22. The quantitative estimate of drug-likeness (QED) is 0.762.